The van der Waals surface area contributed by atoms with Crippen molar-refractivity contribution in [1.29, 1.82) is 0 Å². The number of aliphatic hydroxyl groups excluding tert-OH is 2. The second-order valence-corrected chi connectivity index (χ2v) is 4.13. The first-order valence-electron chi connectivity index (χ1n) is 5.98. The molecule has 5 heteroatoms. The largest absolute Gasteiger partial charge is 0.395 e. The Morgan fingerprint density at radius 3 is 2.33 bits per heavy atom. The summed E-state index contributed by atoms with van der Waals surface area (Å²) in [6.07, 6.45) is -2.72. The van der Waals surface area contributed by atoms with Crippen molar-refractivity contribution in [3.05, 3.63) is 35.9 Å². The number of hydrogen-bond donors (Lipinski definition) is 2. The van der Waals surface area contributed by atoms with Gasteiger partial charge < -0.3 is 10.2 Å². The number of aliphatic hydroxyl groups is 2. The number of benzene rings is 1. The number of rotatable bonds is 8. The summed E-state index contributed by atoms with van der Waals surface area (Å²) < 4.78 is 24.5. The molecule has 102 valence electrons. The van der Waals surface area contributed by atoms with Crippen molar-refractivity contribution in [3.8, 4) is 0 Å². The Hall–Kier alpha value is -1.04. The van der Waals surface area contributed by atoms with Crippen molar-refractivity contribution < 1.29 is 19.0 Å². The van der Waals surface area contributed by atoms with E-state index in [1.807, 2.05) is 18.2 Å². The van der Waals surface area contributed by atoms with E-state index >= 15 is 0 Å². The van der Waals surface area contributed by atoms with Gasteiger partial charge in [-0.05, 0) is 12.0 Å². The third-order valence-corrected chi connectivity index (χ3v) is 2.72. The molecule has 0 fully saturated rings. The van der Waals surface area contributed by atoms with E-state index in [1.54, 1.807) is 12.1 Å². The smallest absolute Gasteiger partial charge is 0.251 e. The van der Waals surface area contributed by atoms with Crippen molar-refractivity contribution in [1.82, 2.24) is 4.90 Å². The number of halogens is 2. The molecule has 0 aliphatic rings. The van der Waals surface area contributed by atoms with Gasteiger partial charge in [-0.1, -0.05) is 30.3 Å². The van der Waals surface area contributed by atoms with Crippen LogP contribution in [0.1, 0.15) is 18.1 Å². The summed E-state index contributed by atoms with van der Waals surface area (Å²) in [5.41, 5.74) is 0.776. The first kappa shape index (κ1) is 15.0. The first-order chi connectivity index (χ1) is 8.63. The molecule has 1 aromatic rings. The molecule has 1 aromatic carbocycles. The van der Waals surface area contributed by atoms with Crippen molar-refractivity contribution in [2.24, 2.45) is 0 Å². The molecule has 0 spiro atoms. The maximum atomic E-state index is 12.3. The second kappa shape index (κ2) is 8.13. The standard InChI is InChI=1S/C13H19F2NO2/c14-13(15)10-16(8-9-17)7-6-12(18)11-4-2-1-3-5-11/h1-5,12-13,17-18H,6-10H2. The molecule has 1 unspecified atom stereocenters. The van der Waals surface area contributed by atoms with E-state index in [4.69, 9.17) is 5.11 Å². The molecule has 0 bridgehead atoms. The molecule has 18 heavy (non-hydrogen) atoms. The van der Waals surface area contributed by atoms with Gasteiger partial charge in [-0.2, -0.15) is 0 Å². The van der Waals surface area contributed by atoms with Crippen LogP contribution < -0.4 is 0 Å². The fourth-order valence-corrected chi connectivity index (χ4v) is 1.78. The normalized spacial score (nSPS) is 13.2. The van der Waals surface area contributed by atoms with Gasteiger partial charge in [-0.3, -0.25) is 4.90 Å². The molecule has 0 aliphatic heterocycles. The van der Waals surface area contributed by atoms with Crippen LogP contribution in [-0.2, 0) is 0 Å². The third-order valence-electron chi connectivity index (χ3n) is 2.72. The fourth-order valence-electron chi connectivity index (χ4n) is 1.78. The Balaban J connectivity index is 2.41. The monoisotopic (exact) mass is 259 g/mol. The van der Waals surface area contributed by atoms with E-state index in [-0.39, 0.29) is 19.7 Å². The lowest BCUT2D eigenvalue weighted by Gasteiger charge is -2.22. The summed E-state index contributed by atoms with van der Waals surface area (Å²) in [6, 6.07) is 9.10. The van der Waals surface area contributed by atoms with Crippen LogP contribution in [0.5, 0.6) is 0 Å². The highest BCUT2D eigenvalue weighted by molar-refractivity contribution is 5.17. The minimum absolute atomic E-state index is 0.159. The molecule has 1 atom stereocenters. The molecular weight excluding hydrogens is 240 g/mol. The van der Waals surface area contributed by atoms with Crippen LogP contribution in [-0.4, -0.2) is 47.8 Å². The summed E-state index contributed by atoms with van der Waals surface area (Å²) >= 11 is 0. The predicted molar refractivity (Wildman–Crippen MR) is 65.5 cm³/mol. The Labute approximate surface area is 106 Å². The van der Waals surface area contributed by atoms with Crippen LogP contribution in [0, 0.1) is 0 Å². The number of hydrogen-bond acceptors (Lipinski definition) is 3. The van der Waals surface area contributed by atoms with Crippen molar-refractivity contribution in [2.45, 2.75) is 19.0 Å². The van der Waals surface area contributed by atoms with Gasteiger partial charge in [-0.25, -0.2) is 8.78 Å². The zero-order valence-electron chi connectivity index (χ0n) is 10.2. The summed E-state index contributed by atoms with van der Waals surface area (Å²) in [5.74, 6) is 0. The highest BCUT2D eigenvalue weighted by Crippen LogP contribution is 2.16. The highest BCUT2D eigenvalue weighted by Gasteiger charge is 2.14. The van der Waals surface area contributed by atoms with Crippen LogP contribution in [0.15, 0.2) is 30.3 Å². The van der Waals surface area contributed by atoms with Crippen LogP contribution in [0.3, 0.4) is 0 Å². The van der Waals surface area contributed by atoms with Gasteiger partial charge in [-0.15, -0.1) is 0 Å². The van der Waals surface area contributed by atoms with Crippen LogP contribution in [0.25, 0.3) is 0 Å². The third kappa shape index (κ3) is 5.53. The van der Waals surface area contributed by atoms with Gasteiger partial charge >= 0.3 is 0 Å². The summed E-state index contributed by atoms with van der Waals surface area (Å²) in [7, 11) is 0. The molecule has 0 amide bonds. The second-order valence-electron chi connectivity index (χ2n) is 4.13. The average molecular weight is 259 g/mol. The quantitative estimate of drug-likeness (QED) is 0.746. The molecule has 0 radical (unpaired) electrons. The van der Waals surface area contributed by atoms with Gasteiger partial charge in [0, 0.05) is 13.1 Å². The zero-order chi connectivity index (χ0) is 13.4. The van der Waals surface area contributed by atoms with E-state index in [0.29, 0.717) is 13.0 Å². The summed E-state index contributed by atoms with van der Waals surface area (Å²) in [6.45, 7) is 0.00301. The van der Waals surface area contributed by atoms with Gasteiger partial charge in [0.05, 0.1) is 19.3 Å². The molecule has 3 nitrogen and oxygen atoms in total. The SMILES string of the molecule is OCCN(CCC(O)c1ccccc1)CC(F)F. The molecule has 2 N–H and O–H groups in total. The van der Waals surface area contributed by atoms with E-state index < -0.39 is 12.5 Å². The first-order valence-corrected chi connectivity index (χ1v) is 5.98. The van der Waals surface area contributed by atoms with E-state index in [2.05, 4.69) is 0 Å². The predicted octanol–water partition coefficient (Wildman–Crippen LogP) is 1.67. The zero-order valence-corrected chi connectivity index (χ0v) is 10.2. The van der Waals surface area contributed by atoms with Gasteiger partial charge in [0.1, 0.15) is 0 Å². The van der Waals surface area contributed by atoms with Crippen molar-refractivity contribution in [3.63, 3.8) is 0 Å². The van der Waals surface area contributed by atoms with Crippen LogP contribution >= 0.6 is 0 Å². The molecule has 0 heterocycles. The Morgan fingerprint density at radius 2 is 1.78 bits per heavy atom. The lowest BCUT2D eigenvalue weighted by atomic mass is 10.1. The Morgan fingerprint density at radius 1 is 1.11 bits per heavy atom. The van der Waals surface area contributed by atoms with Gasteiger partial charge in [0.15, 0.2) is 0 Å². The van der Waals surface area contributed by atoms with Gasteiger partial charge in [0.25, 0.3) is 6.43 Å². The highest BCUT2D eigenvalue weighted by atomic mass is 19.3. The minimum atomic E-state index is -2.43. The lowest BCUT2D eigenvalue weighted by Crippen LogP contribution is -2.33. The minimum Gasteiger partial charge on any atom is -0.395 e. The summed E-state index contributed by atoms with van der Waals surface area (Å²) in [4.78, 5) is 1.46. The van der Waals surface area contributed by atoms with Crippen LogP contribution in [0.2, 0.25) is 0 Å². The lowest BCUT2D eigenvalue weighted by molar-refractivity contribution is 0.0660. The van der Waals surface area contributed by atoms with E-state index in [9.17, 15) is 13.9 Å². The van der Waals surface area contributed by atoms with E-state index in [1.165, 1.54) is 4.90 Å². The maximum absolute atomic E-state index is 12.3. The van der Waals surface area contributed by atoms with Crippen molar-refractivity contribution >= 4 is 0 Å². The molecular formula is C13H19F2NO2. The number of alkyl halides is 2. The maximum Gasteiger partial charge on any atom is 0.251 e. The molecule has 0 aliphatic carbocycles. The number of nitrogens with zero attached hydrogens (tertiary/aromatic N) is 1. The Kier molecular flexibility index (Phi) is 6.78. The molecule has 0 aromatic heterocycles. The summed E-state index contributed by atoms with van der Waals surface area (Å²) in [5, 5.41) is 18.7. The fraction of sp³-hybridized carbons (Fsp3) is 0.538. The van der Waals surface area contributed by atoms with Crippen LogP contribution in [0.4, 0.5) is 8.78 Å². The van der Waals surface area contributed by atoms with Crippen molar-refractivity contribution in [2.75, 3.05) is 26.2 Å². The molecule has 1 rings (SSSR count). The van der Waals surface area contributed by atoms with E-state index in [0.717, 1.165) is 5.56 Å². The average Bonchev–Trinajstić information content (AvgIpc) is 2.36. The van der Waals surface area contributed by atoms with Gasteiger partial charge in [0.2, 0.25) is 0 Å². The topological polar surface area (TPSA) is 43.7 Å². The Bertz CT molecular complexity index is 322. The molecule has 0 saturated carbocycles. The molecule has 0 saturated heterocycles.